The Kier molecular flexibility index (Phi) is 5.93. The summed E-state index contributed by atoms with van der Waals surface area (Å²) in [6.07, 6.45) is 4.22. The van der Waals surface area contributed by atoms with Crippen molar-refractivity contribution in [3.8, 4) is 5.75 Å². The van der Waals surface area contributed by atoms with Crippen molar-refractivity contribution in [3.63, 3.8) is 0 Å². The van der Waals surface area contributed by atoms with Crippen LogP contribution >= 0.6 is 11.3 Å². The third kappa shape index (κ3) is 4.93. The van der Waals surface area contributed by atoms with Crippen LogP contribution in [0.3, 0.4) is 0 Å². The van der Waals surface area contributed by atoms with Crippen molar-refractivity contribution in [2.75, 3.05) is 14.2 Å². The lowest BCUT2D eigenvalue weighted by Gasteiger charge is -2.14. The van der Waals surface area contributed by atoms with Gasteiger partial charge in [-0.05, 0) is 31.9 Å². The summed E-state index contributed by atoms with van der Waals surface area (Å²) in [4.78, 5) is 19.3. The Hall–Kier alpha value is -2.14. The number of hydrogen-bond donors (Lipinski definition) is 0. The molecule has 0 spiro atoms. The zero-order chi connectivity index (χ0) is 16.8. The second kappa shape index (κ2) is 7.92. The number of carbonyl (C=O) groups excluding carboxylic acids is 1. The van der Waals surface area contributed by atoms with Crippen LogP contribution in [0.15, 0.2) is 42.1 Å². The minimum Gasteiger partial charge on any atom is -0.496 e. The zero-order valence-corrected chi connectivity index (χ0v) is 14.8. The van der Waals surface area contributed by atoms with Crippen LogP contribution in [-0.4, -0.2) is 29.9 Å². The molecule has 0 radical (unpaired) electrons. The van der Waals surface area contributed by atoms with Gasteiger partial charge in [-0.25, -0.2) is 4.98 Å². The molecule has 0 aliphatic rings. The summed E-state index contributed by atoms with van der Waals surface area (Å²) < 4.78 is 5.35. The maximum atomic E-state index is 12.3. The van der Waals surface area contributed by atoms with Gasteiger partial charge in [-0.2, -0.15) is 0 Å². The van der Waals surface area contributed by atoms with Gasteiger partial charge in [-0.15, -0.1) is 11.3 Å². The van der Waals surface area contributed by atoms with Crippen molar-refractivity contribution in [2.45, 2.75) is 26.8 Å². The summed E-state index contributed by atoms with van der Waals surface area (Å²) in [6, 6.07) is 7.87. The fraction of sp³-hybridized carbons (Fsp3) is 0.333. The minimum atomic E-state index is 0.00320. The second-order valence-corrected chi connectivity index (χ2v) is 6.84. The highest BCUT2D eigenvalue weighted by Crippen LogP contribution is 2.20. The maximum Gasteiger partial charge on any atom is 0.246 e. The Morgan fingerprint density at radius 3 is 2.78 bits per heavy atom. The van der Waals surface area contributed by atoms with Crippen LogP contribution in [0.5, 0.6) is 5.75 Å². The first-order valence-electron chi connectivity index (χ1n) is 7.45. The SMILES string of the molecule is COc1ccccc1C/C(C)=C\C(=O)N(C)Cc1cnc(C)s1. The fourth-order valence-corrected chi connectivity index (χ4v) is 3.16. The van der Waals surface area contributed by atoms with Crippen molar-refractivity contribution in [3.05, 3.63) is 57.6 Å². The van der Waals surface area contributed by atoms with Gasteiger partial charge in [0, 0.05) is 24.2 Å². The molecule has 0 aliphatic heterocycles. The van der Waals surface area contributed by atoms with Crippen LogP contribution in [0, 0.1) is 6.92 Å². The number of ether oxygens (including phenoxy) is 1. The minimum absolute atomic E-state index is 0.00320. The summed E-state index contributed by atoms with van der Waals surface area (Å²) >= 11 is 1.62. The van der Waals surface area contributed by atoms with Gasteiger partial charge in [0.25, 0.3) is 0 Å². The van der Waals surface area contributed by atoms with E-state index < -0.39 is 0 Å². The van der Waals surface area contributed by atoms with Crippen molar-refractivity contribution in [2.24, 2.45) is 0 Å². The van der Waals surface area contributed by atoms with Crippen LogP contribution in [-0.2, 0) is 17.8 Å². The number of hydrogen-bond acceptors (Lipinski definition) is 4. The van der Waals surface area contributed by atoms with Crippen LogP contribution in [0.1, 0.15) is 22.4 Å². The maximum absolute atomic E-state index is 12.3. The van der Waals surface area contributed by atoms with Gasteiger partial charge in [-0.3, -0.25) is 4.79 Å². The highest BCUT2D eigenvalue weighted by atomic mass is 32.1. The molecule has 0 bridgehead atoms. The highest BCUT2D eigenvalue weighted by Gasteiger charge is 2.10. The van der Waals surface area contributed by atoms with Crippen molar-refractivity contribution in [1.82, 2.24) is 9.88 Å². The normalized spacial score (nSPS) is 11.4. The number of thiazole rings is 1. The fourth-order valence-electron chi connectivity index (χ4n) is 2.31. The molecule has 5 heteroatoms. The molecular weight excluding hydrogens is 308 g/mol. The topological polar surface area (TPSA) is 42.4 Å². The monoisotopic (exact) mass is 330 g/mol. The smallest absolute Gasteiger partial charge is 0.246 e. The van der Waals surface area contributed by atoms with Crippen LogP contribution < -0.4 is 4.74 Å². The average Bonchev–Trinajstić information content (AvgIpc) is 2.92. The average molecular weight is 330 g/mol. The number of benzene rings is 1. The number of carbonyl (C=O) groups is 1. The first-order valence-corrected chi connectivity index (χ1v) is 8.26. The van der Waals surface area contributed by atoms with Crippen molar-refractivity contribution in [1.29, 1.82) is 0 Å². The molecule has 0 saturated carbocycles. The summed E-state index contributed by atoms with van der Waals surface area (Å²) in [5.41, 5.74) is 2.09. The van der Waals surface area contributed by atoms with Gasteiger partial charge in [-0.1, -0.05) is 23.8 Å². The molecule has 0 unspecified atom stereocenters. The second-order valence-electron chi connectivity index (χ2n) is 5.52. The van der Waals surface area contributed by atoms with Gasteiger partial charge in [0.05, 0.1) is 18.7 Å². The van der Waals surface area contributed by atoms with E-state index in [0.29, 0.717) is 13.0 Å². The number of amides is 1. The number of likely N-dealkylation sites (N-methyl/N-ethyl adjacent to an activating group) is 1. The molecule has 0 aliphatic carbocycles. The largest absolute Gasteiger partial charge is 0.496 e. The van der Waals surface area contributed by atoms with Crippen molar-refractivity contribution >= 4 is 17.2 Å². The summed E-state index contributed by atoms with van der Waals surface area (Å²) in [7, 11) is 3.47. The van der Waals surface area contributed by atoms with E-state index in [2.05, 4.69) is 4.98 Å². The predicted octanol–water partition coefficient (Wildman–Crippen LogP) is 3.61. The molecule has 4 nitrogen and oxygen atoms in total. The van der Waals surface area contributed by atoms with Gasteiger partial charge in [0.2, 0.25) is 5.91 Å². The van der Waals surface area contributed by atoms with E-state index in [-0.39, 0.29) is 5.91 Å². The van der Waals surface area contributed by atoms with E-state index in [0.717, 1.165) is 26.8 Å². The molecular formula is C18H22N2O2S. The lowest BCUT2D eigenvalue weighted by Crippen LogP contribution is -2.24. The van der Waals surface area contributed by atoms with E-state index in [1.807, 2.05) is 51.4 Å². The Balaban J connectivity index is 2.00. The molecule has 2 aromatic rings. The number of nitrogens with zero attached hydrogens (tertiary/aromatic N) is 2. The van der Waals surface area contributed by atoms with Gasteiger partial charge in [0.1, 0.15) is 5.75 Å². The molecule has 122 valence electrons. The van der Waals surface area contributed by atoms with Crippen LogP contribution in [0.4, 0.5) is 0 Å². The third-order valence-electron chi connectivity index (χ3n) is 3.47. The Bertz CT molecular complexity index is 707. The molecule has 1 aromatic heterocycles. The molecule has 23 heavy (non-hydrogen) atoms. The number of aromatic nitrogens is 1. The zero-order valence-electron chi connectivity index (χ0n) is 14.0. The van der Waals surface area contributed by atoms with Gasteiger partial charge in [0.15, 0.2) is 0 Å². The number of aryl methyl sites for hydroxylation is 1. The Labute approximate surface area is 141 Å². The van der Waals surface area contributed by atoms with Crippen LogP contribution in [0.25, 0.3) is 0 Å². The molecule has 2 rings (SSSR count). The lowest BCUT2D eigenvalue weighted by molar-refractivity contribution is -0.125. The molecule has 0 saturated heterocycles. The van der Waals surface area contributed by atoms with Gasteiger partial charge >= 0.3 is 0 Å². The van der Waals surface area contributed by atoms with E-state index in [1.54, 1.807) is 29.4 Å². The predicted molar refractivity (Wildman–Crippen MR) is 93.8 cm³/mol. The Morgan fingerprint density at radius 2 is 2.13 bits per heavy atom. The number of para-hydroxylation sites is 1. The third-order valence-corrected chi connectivity index (χ3v) is 4.37. The molecule has 1 amide bonds. The summed E-state index contributed by atoms with van der Waals surface area (Å²) in [5, 5.41) is 1.02. The summed E-state index contributed by atoms with van der Waals surface area (Å²) in [5.74, 6) is 0.852. The van der Waals surface area contributed by atoms with E-state index >= 15 is 0 Å². The van der Waals surface area contributed by atoms with Crippen molar-refractivity contribution < 1.29 is 9.53 Å². The molecule has 1 aromatic carbocycles. The molecule has 0 N–H and O–H groups in total. The highest BCUT2D eigenvalue weighted by molar-refractivity contribution is 7.11. The Morgan fingerprint density at radius 1 is 1.39 bits per heavy atom. The summed E-state index contributed by atoms with van der Waals surface area (Å²) in [6.45, 7) is 4.52. The van der Waals surface area contributed by atoms with Gasteiger partial charge < -0.3 is 9.64 Å². The number of rotatable bonds is 6. The number of allylic oxidation sites excluding steroid dienone is 1. The first-order chi connectivity index (χ1) is 11.0. The quantitative estimate of drug-likeness (QED) is 0.760. The molecule has 0 atom stereocenters. The molecule has 1 heterocycles. The van der Waals surface area contributed by atoms with Crippen LogP contribution in [0.2, 0.25) is 0 Å². The van der Waals surface area contributed by atoms with E-state index in [4.69, 9.17) is 4.74 Å². The standard InChI is InChI=1S/C18H22N2O2S/c1-13(9-15-7-5-6-8-17(15)22-4)10-18(21)20(3)12-16-11-19-14(2)23-16/h5-8,10-11H,9,12H2,1-4H3/b13-10-. The van der Waals surface area contributed by atoms with E-state index in [9.17, 15) is 4.79 Å². The lowest BCUT2D eigenvalue weighted by atomic mass is 10.0. The first kappa shape index (κ1) is 17.2. The number of methoxy groups -OCH3 is 1. The van der Waals surface area contributed by atoms with E-state index in [1.165, 1.54) is 0 Å². The molecule has 0 fully saturated rings.